The summed E-state index contributed by atoms with van der Waals surface area (Å²) in [5, 5.41) is 0. The molecule has 0 radical (unpaired) electrons. The molecule has 1 heterocycles. The molecule has 0 aliphatic heterocycles. The molecule has 4 nitrogen and oxygen atoms in total. The Hall–Kier alpha value is -1.58. The second-order valence-corrected chi connectivity index (χ2v) is 8.42. The number of Topliss-reactive ketones (excluding diaryl/α,β-unsaturated/α-hetero) is 2. The Bertz CT molecular complexity index is 648. The van der Waals surface area contributed by atoms with Gasteiger partial charge in [0.25, 0.3) is 0 Å². The van der Waals surface area contributed by atoms with E-state index in [2.05, 4.69) is 37.7 Å². The summed E-state index contributed by atoms with van der Waals surface area (Å²) in [6.07, 6.45) is 6.18. The van der Waals surface area contributed by atoms with Gasteiger partial charge in [-0.25, -0.2) is 9.97 Å². The van der Waals surface area contributed by atoms with Crippen LogP contribution in [0.25, 0.3) is 0 Å². The molecular formula is C19H26N2O2. The van der Waals surface area contributed by atoms with E-state index in [1.165, 1.54) is 0 Å². The van der Waals surface area contributed by atoms with Crippen molar-refractivity contribution in [1.82, 2.24) is 9.97 Å². The minimum atomic E-state index is -0.556. The molecule has 1 aromatic rings. The van der Waals surface area contributed by atoms with Gasteiger partial charge in [0, 0.05) is 17.8 Å². The minimum Gasteiger partial charge on any atom is -0.298 e. The second kappa shape index (κ2) is 5.22. The van der Waals surface area contributed by atoms with Gasteiger partial charge in [-0.2, -0.15) is 0 Å². The molecule has 3 rings (SSSR count). The van der Waals surface area contributed by atoms with Crippen molar-refractivity contribution in [2.45, 2.75) is 53.9 Å². The molecule has 4 heteroatoms. The standard InChI is InChI=1S/C19H26N2O2/c1-11(2)8-12-9-20-17(21-10-12)15(22)14-13-6-7-19(5,16(14)23)18(13,3)4/h9-11,13-14H,6-8H2,1-5H3. The highest BCUT2D eigenvalue weighted by molar-refractivity contribution is 6.13. The molecule has 1 aromatic heterocycles. The summed E-state index contributed by atoms with van der Waals surface area (Å²) < 4.78 is 0. The number of rotatable bonds is 4. The van der Waals surface area contributed by atoms with Crippen molar-refractivity contribution in [2.24, 2.45) is 28.6 Å². The molecule has 0 saturated heterocycles. The zero-order valence-corrected chi connectivity index (χ0v) is 14.7. The number of fused-ring (bicyclic) bond motifs is 2. The first-order valence-corrected chi connectivity index (χ1v) is 8.58. The van der Waals surface area contributed by atoms with E-state index >= 15 is 0 Å². The number of carbonyl (C=O) groups is 2. The van der Waals surface area contributed by atoms with E-state index in [-0.39, 0.29) is 34.1 Å². The topological polar surface area (TPSA) is 59.9 Å². The average Bonchev–Trinajstić information content (AvgIpc) is 2.79. The summed E-state index contributed by atoms with van der Waals surface area (Å²) in [6.45, 7) is 10.5. The molecule has 23 heavy (non-hydrogen) atoms. The number of aromatic nitrogens is 2. The maximum atomic E-state index is 12.9. The van der Waals surface area contributed by atoms with Crippen LogP contribution in [0.5, 0.6) is 0 Å². The molecule has 3 unspecified atom stereocenters. The van der Waals surface area contributed by atoms with Crippen LogP contribution in [0.15, 0.2) is 12.4 Å². The predicted molar refractivity (Wildman–Crippen MR) is 88.0 cm³/mol. The van der Waals surface area contributed by atoms with Gasteiger partial charge in [0.15, 0.2) is 11.6 Å². The first-order valence-electron chi connectivity index (χ1n) is 8.58. The summed E-state index contributed by atoms with van der Waals surface area (Å²) in [5.41, 5.74) is 0.528. The Labute approximate surface area is 138 Å². The van der Waals surface area contributed by atoms with Gasteiger partial charge in [-0.1, -0.05) is 34.6 Å². The van der Waals surface area contributed by atoms with E-state index < -0.39 is 5.92 Å². The van der Waals surface area contributed by atoms with Crippen LogP contribution in [0, 0.1) is 28.6 Å². The Kier molecular flexibility index (Phi) is 3.69. The number of ketones is 2. The first-order chi connectivity index (χ1) is 10.7. The van der Waals surface area contributed by atoms with E-state index in [0.29, 0.717) is 5.92 Å². The fourth-order valence-corrected chi connectivity index (χ4v) is 4.59. The van der Waals surface area contributed by atoms with Crippen LogP contribution < -0.4 is 0 Å². The largest absolute Gasteiger partial charge is 0.298 e. The summed E-state index contributed by atoms with van der Waals surface area (Å²) in [5.74, 6) is 0.188. The van der Waals surface area contributed by atoms with E-state index in [1.54, 1.807) is 12.4 Å². The van der Waals surface area contributed by atoms with Crippen molar-refractivity contribution in [3.63, 3.8) is 0 Å². The van der Waals surface area contributed by atoms with Crippen molar-refractivity contribution in [2.75, 3.05) is 0 Å². The van der Waals surface area contributed by atoms with Crippen molar-refractivity contribution in [1.29, 1.82) is 0 Å². The van der Waals surface area contributed by atoms with Gasteiger partial charge < -0.3 is 0 Å². The fourth-order valence-electron chi connectivity index (χ4n) is 4.59. The lowest BCUT2D eigenvalue weighted by Gasteiger charge is -2.32. The second-order valence-electron chi connectivity index (χ2n) is 8.42. The summed E-state index contributed by atoms with van der Waals surface area (Å²) >= 11 is 0. The van der Waals surface area contributed by atoms with Gasteiger partial charge in [0.05, 0.1) is 5.92 Å². The first kappa shape index (κ1) is 16.3. The maximum absolute atomic E-state index is 12.9. The molecular weight excluding hydrogens is 288 g/mol. The lowest BCUT2D eigenvalue weighted by atomic mass is 9.70. The van der Waals surface area contributed by atoms with E-state index in [9.17, 15) is 9.59 Å². The average molecular weight is 314 g/mol. The number of hydrogen-bond acceptors (Lipinski definition) is 4. The molecule has 0 spiro atoms. The Morgan fingerprint density at radius 3 is 2.35 bits per heavy atom. The molecule has 2 fully saturated rings. The smallest absolute Gasteiger partial charge is 0.210 e. The molecule has 2 aliphatic carbocycles. The van der Waals surface area contributed by atoms with Crippen molar-refractivity contribution in [3.8, 4) is 0 Å². The molecule has 0 aromatic carbocycles. The van der Waals surface area contributed by atoms with E-state index in [0.717, 1.165) is 24.8 Å². The van der Waals surface area contributed by atoms with Crippen LogP contribution in [-0.2, 0) is 11.2 Å². The van der Waals surface area contributed by atoms with Crippen LogP contribution in [-0.4, -0.2) is 21.5 Å². The predicted octanol–water partition coefficient (Wildman–Crippen LogP) is 3.50. The number of hydrogen-bond donors (Lipinski definition) is 0. The number of carbonyl (C=O) groups excluding carboxylic acids is 2. The summed E-state index contributed by atoms with van der Waals surface area (Å²) in [4.78, 5) is 34.2. The van der Waals surface area contributed by atoms with Crippen LogP contribution in [0.3, 0.4) is 0 Å². The molecule has 0 N–H and O–H groups in total. The minimum absolute atomic E-state index is 0.0959. The monoisotopic (exact) mass is 314 g/mol. The third kappa shape index (κ3) is 2.26. The summed E-state index contributed by atoms with van der Waals surface area (Å²) in [6, 6.07) is 0. The van der Waals surface area contributed by atoms with Gasteiger partial charge in [-0.05, 0) is 42.1 Å². The molecule has 0 amide bonds. The van der Waals surface area contributed by atoms with Crippen molar-refractivity contribution >= 4 is 11.6 Å². The lowest BCUT2D eigenvalue weighted by molar-refractivity contribution is -0.130. The third-order valence-corrected chi connectivity index (χ3v) is 6.39. The Morgan fingerprint density at radius 1 is 1.26 bits per heavy atom. The highest BCUT2D eigenvalue weighted by Gasteiger charge is 2.68. The van der Waals surface area contributed by atoms with Crippen LogP contribution in [0.2, 0.25) is 0 Å². The van der Waals surface area contributed by atoms with Crippen LogP contribution >= 0.6 is 0 Å². The normalized spacial score (nSPS) is 31.8. The molecule has 2 saturated carbocycles. The molecule has 124 valence electrons. The van der Waals surface area contributed by atoms with Gasteiger partial charge in [-0.3, -0.25) is 9.59 Å². The highest BCUT2D eigenvalue weighted by atomic mass is 16.2. The van der Waals surface area contributed by atoms with Crippen LogP contribution in [0.4, 0.5) is 0 Å². The zero-order chi connectivity index (χ0) is 17.0. The SMILES string of the molecule is CC(C)Cc1cnc(C(=O)C2C(=O)C3(C)CCC2C3(C)C)nc1. The van der Waals surface area contributed by atoms with Crippen molar-refractivity contribution in [3.05, 3.63) is 23.8 Å². The molecule has 2 aliphatic rings. The van der Waals surface area contributed by atoms with Crippen LogP contribution in [0.1, 0.15) is 63.6 Å². The Morgan fingerprint density at radius 2 is 1.87 bits per heavy atom. The fraction of sp³-hybridized carbons (Fsp3) is 0.684. The summed E-state index contributed by atoms with van der Waals surface area (Å²) in [7, 11) is 0. The van der Waals surface area contributed by atoms with Gasteiger partial charge in [0.1, 0.15) is 0 Å². The van der Waals surface area contributed by atoms with Gasteiger partial charge in [0.2, 0.25) is 5.78 Å². The highest BCUT2D eigenvalue weighted by Crippen LogP contribution is 2.66. The molecule has 3 atom stereocenters. The van der Waals surface area contributed by atoms with Crippen molar-refractivity contribution < 1.29 is 9.59 Å². The Balaban J connectivity index is 1.86. The maximum Gasteiger partial charge on any atom is 0.210 e. The molecule has 2 bridgehead atoms. The third-order valence-electron chi connectivity index (χ3n) is 6.39. The quantitative estimate of drug-likeness (QED) is 0.630. The van der Waals surface area contributed by atoms with Gasteiger partial charge in [-0.15, -0.1) is 0 Å². The van der Waals surface area contributed by atoms with E-state index in [4.69, 9.17) is 0 Å². The zero-order valence-electron chi connectivity index (χ0n) is 14.7. The lowest BCUT2D eigenvalue weighted by Crippen LogP contribution is -2.36. The van der Waals surface area contributed by atoms with E-state index in [1.807, 2.05) is 6.92 Å². The van der Waals surface area contributed by atoms with Gasteiger partial charge >= 0.3 is 0 Å². The number of nitrogens with zero attached hydrogens (tertiary/aromatic N) is 2.